The van der Waals surface area contributed by atoms with Crippen molar-refractivity contribution in [3.8, 4) is 0 Å². The van der Waals surface area contributed by atoms with Gasteiger partial charge in [0, 0.05) is 0 Å². The average molecular weight is 201 g/mol. The molecule has 0 aromatic carbocycles. The highest BCUT2D eigenvalue weighted by Crippen LogP contribution is 2.35. The van der Waals surface area contributed by atoms with Gasteiger partial charge < -0.3 is 17.1 Å². The second-order valence-electron chi connectivity index (χ2n) is 4.06. The second kappa shape index (κ2) is 6.41. The third-order valence-corrected chi connectivity index (χ3v) is 3.37. The molecule has 1 rings (SSSR count). The summed E-state index contributed by atoms with van der Waals surface area (Å²) in [5.41, 5.74) is 0. The standard InChI is InChI=1S/C10H19O2.C2H6/c1-4-8-5-9(11)6(2)7(3)10(8)12;1-2/h6-12H,1,4-5H2,2-3H3;1-2H3/q-1;. The van der Waals surface area contributed by atoms with E-state index in [1.54, 1.807) is 0 Å². The number of aliphatic hydroxyl groups is 2. The van der Waals surface area contributed by atoms with Crippen LogP contribution in [-0.4, -0.2) is 22.4 Å². The molecule has 1 fully saturated rings. The minimum Gasteiger partial charge on any atom is -0.393 e. The van der Waals surface area contributed by atoms with E-state index in [4.69, 9.17) is 0 Å². The molecule has 0 aromatic heterocycles. The lowest BCUT2D eigenvalue weighted by molar-refractivity contribution is -0.0661. The SMILES string of the molecule is CC.[CH2-]CC1CC(O)C(C)C(C)C1O. The maximum Gasteiger partial charge on any atom is 0.0573 e. The Bertz CT molecular complexity index is 143. The normalized spacial score (nSPS) is 42.6. The maximum absolute atomic E-state index is 9.77. The van der Waals surface area contributed by atoms with Crippen LogP contribution in [0.1, 0.15) is 40.5 Å². The smallest absolute Gasteiger partial charge is 0.0573 e. The lowest BCUT2D eigenvalue weighted by Gasteiger charge is -2.41. The summed E-state index contributed by atoms with van der Waals surface area (Å²) in [7, 11) is 0. The Morgan fingerprint density at radius 2 is 1.64 bits per heavy atom. The largest absolute Gasteiger partial charge is 0.393 e. The van der Waals surface area contributed by atoms with Crippen LogP contribution in [0.3, 0.4) is 0 Å². The first-order chi connectivity index (χ1) is 6.57. The molecular weight excluding hydrogens is 176 g/mol. The lowest BCUT2D eigenvalue weighted by atomic mass is 9.71. The van der Waals surface area contributed by atoms with E-state index in [-0.39, 0.29) is 30.0 Å². The minimum atomic E-state index is -0.277. The van der Waals surface area contributed by atoms with Gasteiger partial charge in [-0.3, -0.25) is 0 Å². The van der Waals surface area contributed by atoms with Crippen LogP contribution in [0, 0.1) is 24.7 Å². The molecule has 2 heteroatoms. The summed E-state index contributed by atoms with van der Waals surface area (Å²) in [6, 6.07) is 0. The van der Waals surface area contributed by atoms with E-state index in [0.29, 0.717) is 6.42 Å². The second-order valence-corrected chi connectivity index (χ2v) is 4.06. The van der Waals surface area contributed by atoms with E-state index < -0.39 is 0 Å². The van der Waals surface area contributed by atoms with E-state index in [0.717, 1.165) is 6.42 Å². The van der Waals surface area contributed by atoms with Gasteiger partial charge in [0.2, 0.25) is 0 Å². The molecule has 0 heterocycles. The van der Waals surface area contributed by atoms with E-state index in [1.807, 2.05) is 27.7 Å². The molecule has 0 saturated heterocycles. The van der Waals surface area contributed by atoms with E-state index in [9.17, 15) is 10.2 Å². The quantitative estimate of drug-likeness (QED) is 0.639. The van der Waals surface area contributed by atoms with Crippen LogP contribution in [-0.2, 0) is 0 Å². The first-order valence-electron chi connectivity index (χ1n) is 5.73. The average Bonchev–Trinajstić information content (AvgIpc) is 2.23. The van der Waals surface area contributed by atoms with Gasteiger partial charge in [-0.25, -0.2) is 0 Å². The molecule has 0 radical (unpaired) electrons. The van der Waals surface area contributed by atoms with Crippen LogP contribution >= 0.6 is 0 Å². The molecule has 0 aromatic rings. The van der Waals surface area contributed by atoms with Gasteiger partial charge in [0.05, 0.1) is 12.2 Å². The zero-order valence-corrected chi connectivity index (χ0v) is 9.90. The van der Waals surface area contributed by atoms with Crippen molar-refractivity contribution in [2.24, 2.45) is 17.8 Å². The highest BCUT2D eigenvalue weighted by molar-refractivity contribution is 4.88. The van der Waals surface area contributed by atoms with Crippen molar-refractivity contribution in [2.75, 3.05) is 0 Å². The molecule has 14 heavy (non-hydrogen) atoms. The molecule has 2 N–H and O–H groups in total. The monoisotopic (exact) mass is 201 g/mol. The molecule has 0 bridgehead atoms. The highest BCUT2D eigenvalue weighted by atomic mass is 16.3. The molecule has 86 valence electrons. The summed E-state index contributed by atoms with van der Waals surface area (Å²) >= 11 is 0. The molecule has 0 amide bonds. The molecule has 0 spiro atoms. The van der Waals surface area contributed by atoms with Crippen molar-refractivity contribution < 1.29 is 10.2 Å². The van der Waals surface area contributed by atoms with E-state index in [2.05, 4.69) is 6.92 Å². The van der Waals surface area contributed by atoms with Crippen LogP contribution in [0.2, 0.25) is 0 Å². The number of hydrogen-bond acceptors (Lipinski definition) is 2. The summed E-state index contributed by atoms with van der Waals surface area (Å²) in [6.07, 6.45) is 0.891. The first kappa shape index (κ1) is 13.9. The molecule has 2 nitrogen and oxygen atoms in total. The van der Waals surface area contributed by atoms with Gasteiger partial charge in [-0.1, -0.05) is 27.7 Å². The van der Waals surface area contributed by atoms with Gasteiger partial charge in [-0.2, -0.15) is 6.42 Å². The van der Waals surface area contributed by atoms with Gasteiger partial charge in [0.1, 0.15) is 0 Å². The number of hydrogen-bond donors (Lipinski definition) is 2. The lowest BCUT2D eigenvalue weighted by Crippen LogP contribution is -2.43. The molecular formula is C12H25O2-. The summed E-state index contributed by atoms with van der Waals surface area (Å²) in [6.45, 7) is 11.8. The van der Waals surface area contributed by atoms with Gasteiger partial charge in [-0.15, -0.1) is 0 Å². The Hall–Kier alpha value is -0.0800. The van der Waals surface area contributed by atoms with Crippen LogP contribution in [0.4, 0.5) is 0 Å². The Labute approximate surface area is 88.3 Å². The van der Waals surface area contributed by atoms with Crippen molar-refractivity contribution in [1.29, 1.82) is 0 Å². The van der Waals surface area contributed by atoms with Crippen molar-refractivity contribution in [3.63, 3.8) is 0 Å². The zero-order chi connectivity index (χ0) is 11.3. The van der Waals surface area contributed by atoms with Gasteiger partial charge in [-0.05, 0) is 24.2 Å². The Morgan fingerprint density at radius 3 is 2.07 bits per heavy atom. The highest BCUT2D eigenvalue weighted by Gasteiger charge is 2.36. The van der Waals surface area contributed by atoms with Crippen LogP contribution in [0.15, 0.2) is 0 Å². The molecule has 5 atom stereocenters. The van der Waals surface area contributed by atoms with Crippen molar-refractivity contribution in [3.05, 3.63) is 6.92 Å². The first-order valence-corrected chi connectivity index (χ1v) is 5.73. The van der Waals surface area contributed by atoms with Gasteiger partial charge in [0.25, 0.3) is 0 Å². The predicted octanol–water partition coefficient (Wildman–Crippen LogP) is 2.25. The summed E-state index contributed by atoms with van der Waals surface area (Å²) in [4.78, 5) is 0. The minimum absolute atomic E-state index is 0.186. The Kier molecular flexibility index (Phi) is 6.38. The van der Waals surface area contributed by atoms with Crippen LogP contribution in [0.25, 0.3) is 0 Å². The van der Waals surface area contributed by atoms with Crippen LogP contribution in [0.5, 0.6) is 0 Å². The summed E-state index contributed by atoms with van der Waals surface area (Å²) < 4.78 is 0. The van der Waals surface area contributed by atoms with Crippen molar-refractivity contribution >= 4 is 0 Å². The topological polar surface area (TPSA) is 40.5 Å². The molecule has 1 saturated carbocycles. The van der Waals surface area contributed by atoms with Crippen molar-refractivity contribution in [1.82, 2.24) is 0 Å². The summed E-state index contributed by atoms with van der Waals surface area (Å²) in [5.74, 6) is 0.592. The van der Waals surface area contributed by atoms with Gasteiger partial charge >= 0.3 is 0 Å². The summed E-state index contributed by atoms with van der Waals surface area (Å²) in [5, 5.41) is 19.4. The third-order valence-electron chi connectivity index (χ3n) is 3.37. The number of aliphatic hydroxyl groups excluding tert-OH is 2. The van der Waals surface area contributed by atoms with Gasteiger partial charge in [0.15, 0.2) is 0 Å². The third kappa shape index (κ3) is 2.96. The fourth-order valence-corrected chi connectivity index (χ4v) is 2.04. The van der Waals surface area contributed by atoms with E-state index >= 15 is 0 Å². The van der Waals surface area contributed by atoms with Crippen molar-refractivity contribution in [2.45, 2.75) is 52.7 Å². The Morgan fingerprint density at radius 1 is 1.14 bits per heavy atom. The predicted molar refractivity (Wildman–Crippen MR) is 59.8 cm³/mol. The molecule has 1 aliphatic carbocycles. The fraction of sp³-hybridized carbons (Fsp3) is 0.917. The zero-order valence-electron chi connectivity index (χ0n) is 9.90. The molecule has 5 unspecified atom stereocenters. The fourth-order valence-electron chi connectivity index (χ4n) is 2.04. The molecule has 0 aliphatic heterocycles. The number of rotatable bonds is 1. The molecule has 1 aliphatic rings. The maximum atomic E-state index is 9.77. The van der Waals surface area contributed by atoms with Crippen LogP contribution < -0.4 is 0 Å². The Balaban J connectivity index is 0.000000791. The van der Waals surface area contributed by atoms with E-state index in [1.165, 1.54) is 0 Å².